The smallest absolute Gasteiger partial charge is 0.407 e. The minimum atomic E-state index is -1.26. The maximum atomic E-state index is 14.4. The van der Waals surface area contributed by atoms with Crippen molar-refractivity contribution in [1.29, 1.82) is 0 Å². The maximum absolute atomic E-state index is 14.4. The number of carboxylic acids is 1. The van der Waals surface area contributed by atoms with Crippen LogP contribution in [0.2, 0.25) is 0 Å². The third-order valence-corrected chi connectivity index (χ3v) is 20.1. The third-order valence-electron chi connectivity index (χ3n) is 20.1. The molecular formula is C93H78N4O12. The molecule has 0 spiro atoms. The third kappa shape index (κ3) is 16.6. The number of alkyl carbamates (subject to hydrolysis) is 2. The van der Waals surface area contributed by atoms with Crippen LogP contribution in [0.3, 0.4) is 0 Å². The number of fused-ring (bicyclic) bond motifs is 6. The first-order valence-electron chi connectivity index (χ1n) is 35.9. The van der Waals surface area contributed by atoms with E-state index in [-0.39, 0.29) is 56.3 Å². The van der Waals surface area contributed by atoms with E-state index in [1.54, 1.807) is 36.4 Å². The van der Waals surface area contributed by atoms with Crippen LogP contribution in [0.1, 0.15) is 112 Å². The highest BCUT2D eigenvalue weighted by Gasteiger charge is 2.42. The lowest BCUT2D eigenvalue weighted by molar-refractivity contribution is -0.127. The molecule has 109 heavy (non-hydrogen) atoms. The topological polar surface area (TPSA) is 233 Å². The van der Waals surface area contributed by atoms with Gasteiger partial charge in [0.1, 0.15) is 24.3 Å². The number of esters is 1. The van der Waals surface area contributed by atoms with Gasteiger partial charge in [0.05, 0.1) is 43.2 Å². The number of carbonyl (C=O) groups excluding carboxylic acids is 7. The number of nitrogens with one attached hydrogen (secondary N) is 4. The molecule has 12 aromatic carbocycles. The van der Waals surface area contributed by atoms with Crippen molar-refractivity contribution in [3.8, 4) is 22.3 Å². The first kappa shape index (κ1) is 73.7. The summed E-state index contributed by atoms with van der Waals surface area (Å²) in [6.45, 7) is 0.0733. The summed E-state index contributed by atoms with van der Waals surface area (Å²) < 4.78 is 16.4. The lowest BCUT2D eigenvalue weighted by atomic mass is 9.77. The van der Waals surface area contributed by atoms with Gasteiger partial charge in [-0.2, -0.15) is 0 Å². The van der Waals surface area contributed by atoms with E-state index in [1.165, 1.54) is 19.2 Å². The average Bonchev–Trinajstić information content (AvgIpc) is 1.75. The number of carboxylic acid groups (broad SMARTS) is 1. The Hall–Kier alpha value is -13.6. The zero-order valence-electron chi connectivity index (χ0n) is 59.7. The van der Waals surface area contributed by atoms with Gasteiger partial charge in [0.2, 0.25) is 11.8 Å². The van der Waals surface area contributed by atoms with E-state index >= 15 is 0 Å². The van der Waals surface area contributed by atoms with Gasteiger partial charge in [0, 0.05) is 24.7 Å². The van der Waals surface area contributed by atoms with Gasteiger partial charge in [-0.15, -0.1) is 0 Å². The largest absolute Gasteiger partial charge is 0.478 e. The fourth-order valence-electron chi connectivity index (χ4n) is 14.8. The van der Waals surface area contributed by atoms with Crippen molar-refractivity contribution < 1.29 is 57.7 Å². The first-order valence-corrected chi connectivity index (χ1v) is 35.9. The Balaban J connectivity index is 0.000000192. The fourth-order valence-corrected chi connectivity index (χ4v) is 14.8. The average molecular weight is 1440 g/mol. The van der Waals surface area contributed by atoms with Gasteiger partial charge in [-0.3, -0.25) is 19.2 Å². The zero-order valence-corrected chi connectivity index (χ0v) is 59.7. The first-order chi connectivity index (χ1) is 53.2. The standard InChI is InChI=1S/C47H40N2O6.C46H38N2O6/c1-54-45(52)33-27-25-32(26-28-33)29-43(50)42(48-46(53)55-31-41-39-23-13-11-21-37(39)38-22-12-14-24-40(38)41)30-44(51)49-47(34-15-5-2-6-16-34,35-17-7-3-8-18-35)36-19-9-4-10-20-36;49-42(28-31-24-26-32(27-25-31)44(51)52)41(47-45(53)54-30-40-38-22-12-10-20-36(38)37-21-11-13-23-39(37)40)29-43(50)48-46(33-14-4-1-5-15-33,34-16-6-2-7-17-34)35-18-8-3-9-19-35/h2-28,41-42H,29-31H2,1H3,(H,48,53)(H,49,51);1-27,40-41H,28-30H2,(H,47,53)(H,48,50)(H,51,52)/t42-;41-/m00/s1. The number of hydrogen-bond acceptors (Lipinski definition) is 11. The fraction of sp³-hybridized carbons (Fsp3) is 0.140. The van der Waals surface area contributed by atoms with E-state index in [0.717, 1.165) is 77.9 Å². The molecule has 5 N–H and O–H groups in total. The minimum absolute atomic E-state index is 0.0305. The Morgan fingerprint density at radius 3 is 0.862 bits per heavy atom. The molecule has 0 bridgehead atoms. The van der Waals surface area contributed by atoms with Crippen molar-refractivity contribution in [3.63, 3.8) is 0 Å². The lowest BCUT2D eigenvalue weighted by Gasteiger charge is -2.37. The van der Waals surface area contributed by atoms with Crippen LogP contribution in [0.25, 0.3) is 22.3 Å². The van der Waals surface area contributed by atoms with Crippen LogP contribution in [-0.4, -0.2) is 85.0 Å². The van der Waals surface area contributed by atoms with E-state index in [4.69, 9.17) is 14.2 Å². The van der Waals surface area contributed by atoms with Crippen LogP contribution in [0, 0.1) is 0 Å². The summed E-state index contributed by atoms with van der Waals surface area (Å²) in [5, 5.41) is 21.4. The molecular weight excluding hydrogens is 1370 g/mol. The Morgan fingerprint density at radius 1 is 0.339 bits per heavy atom. The molecule has 12 aromatic rings. The Labute approximate surface area is 631 Å². The van der Waals surface area contributed by atoms with Gasteiger partial charge in [0.25, 0.3) is 0 Å². The second-order valence-corrected chi connectivity index (χ2v) is 26.7. The van der Waals surface area contributed by atoms with Gasteiger partial charge in [-0.1, -0.05) is 303 Å². The number of Topliss-reactive ketones (excluding diaryl/α,β-unsaturated/α-hetero) is 2. The summed E-state index contributed by atoms with van der Waals surface area (Å²) in [7, 11) is 1.30. The maximum Gasteiger partial charge on any atom is 0.407 e. The van der Waals surface area contributed by atoms with Gasteiger partial charge >= 0.3 is 24.1 Å². The SMILES string of the molecule is COC(=O)c1ccc(CC(=O)[C@H](CC(=O)NC(c2ccccc2)(c2ccccc2)c2ccccc2)NC(=O)OCC2c3ccccc3-c3ccccc32)cc1.O=C(C[C@H](NC(=O)OCC1c2ccccc2-c2ccccc21)C(=O)Cc1ccc(C(=O)O)cc1)NC(c1ccccc1)(c1ccccc1)c1ccccc1. The number of rotatable bonds is 26. The number of amides is 4. The molecule has 0 heterocycles. The van der Waals surface area contributed by atoms with E-state index in [2.05, 4.69) is 33.4 Å². The molecule has 0 saturated carbocycles. The summed E-state index contributed by atoms with van der Waals surface area (Å²) in [5.41, 5.74) is 12.7. The lowest BCUT2D eigenvalue weighted by Crippen LogP contribution is -2.51. The molecule has 16 nitrogen and oxygen atoms in total. The predicted octanol–water partition coefficient (Wildman–Crippen LogP) is 15.9. The highest BCUT2D eigenvalue weighted by atomic mass is 16.6. The summed E-state index contributed by atoms with van der Waals surface area (Å²) in [6.07, 6.45) is -2.64. The van der Waals surface area contributed by atoms with E-state index < -0.39 is 70.7 Å². The number of hydrogen-bond donors (Lipinski definition) is 5. The molecule has 14 rings (SSSR count). The normalized spacial score (nSPS) is 12.5. The molecule has 2 aliphatic rings. The Kier molecular flexibility index (Phi) is 23.1. The molecule has 542 valence electrons. The molecule has 0 aliphatic heterocycles. The molecule has 0 saturated heterocycles. The number of ether oxygens (including phenoxy) is 3. The van der Waals surface area contributed by atoms with Gasteiger partial charge in [-0.25, -0.2) is 19.2 Å². The van der Waals surface area contributed by atoms with Crippen molar-refractivity contribution in [2.75, 3.05) is 20.3 Å². The molecule has 0 unspecified atom stereocenters. The molecule has 4 amide bonds. The van der Waals surface area contributed by atoms with Crippen LogP contribution in [0.4, 0.5) is 9.59 Å². The quantitative estimate of drug-likeness (QED) is 0.0194. The monoisotopic (exact) mass is 1440 g/mol. The second-order valence-electron chi connectivity index (χ2n) is 26.7. The second kappa shape index (κ2) is 34.1. The molecule has 2 atom stereocenters. The predicted molar refractivity (Wildman–Crippen MR) is 417 cm³/mol. The van der Waals surface area contributed by atoms with Crippen LogP contribution < -0.4 is 21.3 Å². The van der Waals surface area contributed by atoms with Crippen molar-refractivity contribution in [2.24, 2.45) is 0 Å². The zero-order chi connectivity index (χ0) is 75.7. The van der Waals surface area contributed by atoms with Crippen LogP contribution in [0.5, 0.6) is 0 Å². The van der Waals surface area contributed by atoms with Gasteiger partial charge in [0.15, 0.2) is 11.6 Å². The Morgan fingerprint density at radius 2 is 0.596 bits per heavy atom. The van der Waals surface area contributed by atoms with E-state index in [9.17, 15) is 43.5 Å². The van der Waals surface area contributed by atoms with Crippen molar-refractivity contribution in [3.05, 3.63) is 405 Å². The van der Waals surface area contributed by atoms with Crippen LogP contribution in [0.15, 0.2) is 328 Å². The van der Waals surface area contributed by atoms with E-state index in [1.807, 2.05) is 267 Å². The molecule has 0 fully saturated rings. The number of methoxy groups -OCH3 is 1. The minimum Gasteiger partial charge on any atom is -0.478 e. The van der Waals surface area contributed by atoms with Crippen LogP contribution >= 0.6 is 0 Å². The van der Waals surface area contributed by atoms with Gasteiger partial charge in [-0.05, 0) is 113 Å². The number of ketones is 2. The molecule has 16 heteroatoms. The summed E-state index contributed by atoms with van der Waals surface area (Å²) in [4.78, 5) is 107. The van der Waals surface area contributed by atoms with Crippen molar-refractivity contribution in [2.45, 2.75) is 60.7 Å². The Bertz CT molecular complexity index is 4940. The van der Waals surface area contributed by atoms with E-state index in [0.29, 0.717) is 16.7 Å². The molecule has 0 radical (unpaired) electrons. The highest BCUT2D eigenvalue weighted by Crippen LogP contribution is 2.47. The van der Waals surface area contributed by atoms with Crippen LogP contribution in [-0.2, 0) is 57.3 Å². The molecule has 2 aliphatic carbocycles. The van der Waals surface area contributed by atoms with Crippen molar-refractivity contribution in [1.82, 2.24) is 21.3 Å². The molecule has 0 aromatic heterocycles. The van der Waals surface area contributed by atoms with Crippen molar-refractivity contribution >= 4 is 47.5 Å². The number of carbonyl (C=O) groups is 8. The number of aromatic carboxylic acids is 1. The van der Waals surface area contributed by atoms with Gasteiger partial charge < -0.3 is 40.6 Å². The summed E-state index contributed by atoms with van der Waals surface area (Å²) in [5.74, 6) is -3.75. The highest BCUT2D eigenvalue weighted by molar-refractivity contribution is 5.96. The number of benzene rings is 12. The summed E-state index contributed by atoms with van der Waals surface area (Å²) in [6, 6.07) is 99.7. The summed E-state index contributed by atoms with van der Waals surface area (Å²) >= 11 is 0.